The number of methoxy groups -OCH3 is 1. The predicted molar refractivity (Wildman–Crippen MR) is 138 cm³/mol. The average Bonchev–Trinajstić information content (AvgIpc) is 2.81. The average molecular weight is 536 g/mol. The molecule has 7 nitrogen and oxygen atoms in total. The van der Waals surface area contributed by atoms with Crippen molar-refractivity contribution in [1.29, 1.82) is 0 Å². The first-order chi connectivity index (χ1) is 16.7. The molecule has 2 N–H and O–H groups in total. The molecule has 5 rings (SSSR count). The second-order valence-electron chi connectivity index (χ2n) is 9.06. The standard InChI is InChI=1S/C27H26BrN3O4/c1-15-8-13-20(16(2)14-15)29-25(32)22-23-19-6-5-7-21(34-4)24(19)35-27(22,3)31(26(33)30-23)18-11-9-17(28)10-12-18/h5-14,22-23H,1-4H3,(H,29,32)(H,30,33)/t22-,23+,27+/m0/s1. The number of halogens is 1. The number of nitrogens with one attached hydrogen (secondary N) is 2. The fourth-order valence-corrected chi connectivity index (χ4v) is 5.34. The first kappa shape index (κ1) is 23.2. The van der Waals surface area contributed by atoms with Gasteiger partial charge < -0.3 is 20.1 Å². The van der Waals surface area contributed by atoms with E-state index in [0.29, 0.717) is 22.7 Å². The molecule has 2 heterocycles. The highest BCUT2D eigenvalue weighted by molar-refractivity contribution is 9.10. The van der Waals surface area contributed by atoms with E-state index in [2.05, 4.69) is 26.6 Å². The number of carbonyl (C=O) groups excluding carboxylic acids is 2. The maximum absolute atomic E-state index is 13.9. The summed E-state index contributed by atoms with van der Waals surface area (Å²) >= 11 is 3.44. The highest BCUT2D eigenvalue weighted by Crippen LogP contribution is 2.52. The Morgan fingerprint density at radius 2 is 1.89 bits per heavy atom. The van der Waals surface area contributed by atoms with Crippen molar-refractivity contribution < 1.29 is 19.1 Å². The molecule has 3 aromatic carbocycles. The molecule has 3 aromatic rings. The third-order valence-corrected chi connectivity index (χ3v) is 7.25. The van der Waals surface area contributed by atoms with E-state index in [4.69, 9.17) is 9.47 Å². The lowest BCUT2D eigenvalue weighted by Crippen LogP contribution is -2.72. The third kappa shape index (κ3) is 3.82. The molecule has 2 aliphatic rings. The van der Waals surface area contributed by atoms with Gasteiger partial charge in [0.2, 0.25) is 11.6 Å². The van der Waals surface area contributed by atoms with Crippen molar-refractivity contribution in [3.05, 3.63) is 81.8 Å². The van der Waals surface area contributed by atoms with Gasteiger partial charge in [-0.05, 0) is 62.7 Å². The molecule has 8 heteroatoms. The summed E-state index contributed by atoms with van der Waals surface area (Å²) in [6, 6.07) is 17.7. The van der Waals surface area contributed by atoms with Crippen LogP contribution in [0.5, 0.6) is 11.5 Å². The zero-order valence-corrected chi connectivity index (χ0v) is 21.5. The highest BCUT2D eigenvalue weighted by Gasteiger charge is 2.60. The predicted octanol–water partition coefficient (Wildman–Crippen LogP) is 5.71. The summed E-state index contributed by atoms with van der Waals surface area (Å²) in [5.41, 5.74) is 2.77. The summed E-state index contributed by atoms with van der Waals surface area (Å²) in [4.78, 5) is 28.9. The molecule has 1 saturated heterocycles. The van der Waals surface area contributed by atoms with Crippen LogP contribution in [0.2, 0.25) is 0 Å². The van der Waals surface area contributed by atoms with Crippen LogP contribution >= 0.6 is 15.9 Å². The number of ether oxygens (including phenoxy) is 2. The van der Waals surface area contributed by atoms with E-state index < -0.39 is 17.7 Å². The van der Waals surface area contributed by atoms with Crippen molar-refractivity contribution in [2.75, 3.05) is 17.3 Å². The van der Waals surface area contributed by atoms with Gasteiger partial charge in [0.1, 0.15) is 5.92 Å². The molecule has 35 heavy (non-hydrogen) atoms. The van der Waals surface area contributed by atoms with Crippen molar-refractivity contribution in [1.82, 2.24) is 5.32 Å². The number of anilines is 2. The Morgan fingerprint density at radius 1 is 1.14 bits per heavy atom. The van der Waals surface area contributed by atoms with Crippen LogP contribution in [0.3, 0.4) is 0 Å². The van der Waals surface area contributed by atoms with Crippen molar-refractivity contribution in [2.24, 2.45) is 5.92 Å². The van der Waals surface area contributed by atoms with Crippen LogP contribution in [0, 0.1) is 19.8 Å². The molecule has 3 atom stereocenters. The molecule has 2 bridgehead atoms. The Hall–Kier alpha value is -3.52. The summed E-state index contributed by atoms with van der Waals surface area (Å²) in [6.07, 6.45) is 0. The number of rotatable bonds is 4. The first-order valence-corrected chi connectivity index (χ1v) is 12.1. The molecule has 1 fully saturated rings. The Morgan fingerprint density at radius 3 is 2.57 bits per heavy atom. The third-order valence-electron chi connectivity index (χ3n) is 6.72. The van der Waals surface area contributed by atoms with Gasteiger partial charge in [0.25, 0.3) is 0 Å². The van der Waals surface area contributed by atoms with Crippen molar-refractivity contribution in [2.45, 2.75) is 32.5 Å². The molecule has 0 aliphatic carbocycles. The quantitative estimate of drug-likeness (QED) is 0.448. The van der Waals surface area contributed by atoms with Crippen molar-refractivity contribution >= 4 is 39.2 Å². The van der Waals surface area contributed by atoms with Crippen LogP contribution in [0.15, 0.2) is 65.1 Å². The van der Waals surface area contributed by atoms with Gasteiger partial charge in [-0.1, -0.05) is 45.8 Å². The fourth-order valence-electron chi connectivity index (χ4n) is 5.07. The Balaban J connectivity index is 1.64. The second-order valence-corrected chi connectivity index (χ2v) is 9.98. The molecule has 0 spiro atoms. The number of amides is 3. The minimum absolute atomic E-state index is 0.250. The minimum Gasteiger partial charge on any atom is -0.493 e. The van der Waals surface area contributed by atoms with E-state index in [1.807, 2.05) is 68.4 Å². The molecule has 2 aliphatic heterocycles. The van der Waals surface area contributed by atoms with Crippen molar-refractivity contribution in [3.63, 3.8) is 0 Å². The number of aryl methyl sites for hydroxylation is 2. The van der Waals surface area contributed by atoms with E-state index in [0.717, 1.165) is 21.3 Å². The molecule has 0 unspecified atom stereocenters. The van der Waals surface area contributed by atoms with Gasteiger partial charge in [-0.25, -0.2) is 4.79 Å². The van der Waals surface area contributed by atoms with Crippen molar-refractivity contribution in [3.8, 4) is 11.5 Å². The molecular formula is C27H26BrN3O4. The number of fused-ring (bicyclic) bond motifs is 4. The lowest BCUT2D eigenvalue weighted by molar-refractivity contribution is -0.131. The molecule has 0 saturated carbocycles. The van der Waals surface area contributed by atoms with Crippen LogP contribution in [-0.2, 0) is 4.79 Å². The zero-order chi connectivity index (χ0) is 24.9. The van der Waals surface area contributed by atoms with E-state index in [1.54, 1.807) is 20.1 Å². The maximum Gasteiger partial charge on any atom is 0.325 e. The van der Waals surface area contributed by atoms with Crippen LogP contribution in [-0.4, -0.2) is 24.8 Å². The summed E-state index contributed by atoms with van der Waals surface area (Å²) in [6.45, 7) is 5.75. The summed E-state index contributed by atoms with van der Waals surface area (Å²) in [5.74, 6) is 0.0447. The Labute approximate surface area is 212 Å². The zero-order valence-electron chi connectivity index (χ0n) is 19.9. The maximum atomic E-state index is 13.9. The number of carbonyl (C=O) groups is 2. The summed E-state index contributed by atoms with van der Waals surface area (Å²) in [5, 5.41) is 6.14. The summed E-state index contributed by atoms with van der Waals surface area (Å²) in [7, 11) is 1.57. The van der Waals surface area contributed by atoms with Crippen LogP contribution in [0.4, 0.5) is 16.2 Å². The van der Waals surface area contributed by atoms with E-state index in [-0.39, 0.29) is 11.9 Å². The molecule has 3 amide bonds. The highest BCUT2D eigenvalue weighted by atomic mass is 79.9. The number of para-hydroxylation sites is 1. The van der Waals surface area contributed by atoms with Gasteiger partial charge in [0, 0.05) is 21.4 Å². The summed E-state index contributed by atoms with van der Waals surface area (Å²) < 4.78 is 13.0. The lowest BCUT2D eigenvalue weighted by Gasteiger charge is -2.54. The van der Waals surface area contributed by atoms with E-state index in [1.165, 1.54) is 4.90 Å². The second kappa shape index (κ2) is 8.61. The molecular weight excluding hydrogens is 510 g/mol. The Kier molecular flexibility index (Phi) is 5.71. The van der Waals surface area contributed by atoms with Gasteiger partial charge in [-0.2, -0.15) is 0 Å². The van der Waals surface area contributed by atoms with Gasteiger partial charge in [0.15, 0.2) is 11.5 Å². The number of hydrogen-bond donors (Lipinski definition) is 2. The van der Waals surface area contributed by atoms with Gasteiger partial charge >= 0.3 is 6.03 Å². The lowest BCUT2D eigenvalue weighted by atomic mass is 9.78. The SMILES string of the molecule is COc1cccc2c1O[C@]1(C)[C@H](C(=O)Nc3ccc(C)cc3C)[C@@H]2NC(=O)N1c1ccc(Br)cc1. The van der Waals surface area contributed by atoms with Gasteiger partial charge in [-0.3, -0.25) is 9.69 Å². The molecule has 180 valence electrons. The smallest absolute Gasteiger partial charge is 0.325 e. The largest absolute Gasteiger partial charge is 0.493 e. The number of nitrogens with zero attached hydrogens (tertiary/aromatic N) is 1. The Bertz CT molecular complexity index is 1330. The minimum atomic E-state index is -1.33. The van der Waals surface area contributed by atoms with Crippen LogP contribution in [0.1, 0.15) is 29.7 Å². The number of urea groups is 1. The van der Waals surface area contributed by atoms with E-state index in [9.17, 15) is 9.59 Å². The first-order valence-electron chi connectivity index (χ1n) is 11.3. The normalized spacial score (nSPS) is 22.5. The fraction of sp³-hybridized carbons (Fsp3) is 0.259. The monoisotopic (exact) mass is 535 g/mol. The number of hydrogen-bond acceptors (Lipinski definition) is 4. The van der Waals surface area contributed by atoms with Crippen LogP contribution in [0.25, 0.3) is 0 Å². The topological polar surface area (TPSA) is 79.9 Å². The molecule has 0 aromatic heterocycles. The van der Waals surface area contributed by atoms with E-state index >= 15 is 0 Å². The number of benzene rings is 3. The van der Waals surface area contributed by atoms with Gasteiger partial charge in [0.05, 0.1) is 13.2 Å². The van der Waals surface area contributed by atoms with Gasteiger partial charge in [-0.15, -0.1) is 0 Å². The van der Waals surface area contributed by atoms with Crippen LogP contribution < -0.4 is 25.0 Å². The molecule has 0 radical (unpaired) electrons.